The molecule has 0 amide bonds. The van der Waals surface area contributed by atoms with Crippen LogP contribution in [0.5, 0.6) is 0 Å². The van der Waals surface area contributed by atoms with Crippen molar-refractivity contribution in [2.45, 2.75) is 26.7 Å². The van der Waals surface area contributed by atoms with Crippen LogP contribution in [-0.2, 0) is 0 Å². The quantitative estimate of drug-likeness (QED) is 0.480. The Morgan fingerprint density at radius 3 is 2.73 bits per heavy atom. The molecule has 0 bridgehead atoms. The summed E-state index contributed by atoms with van der Waals surface area (Å²) in [6.07, 6.45) is 14.5. The first-order valence-electron chi connectivity index (χ1n) is 7.74. The maximum atomic E-state index is 4.77. The second-order valence-corrected chi connectivity index (χ2v) is 5.27. The summed E-state index contributed by atoms with van der Waals surface area (Å²) in [7, 11) is 0. The minimum absolute atomic E-state index is 0.885. The van der Waals surface area contributed by atoms with Crippen LogP contribution in [0.15, 0.2) is 95.2 Å². The van der Waals surface area contributed by atoms with Crippen molar-refractivity contribution in [3.63, 3.8) is 0 Å². The van der Waals surface area contributed by atoms with Crippen molar-refractivity contribution >= 4 is 5.71 Å². The highest BCUT2D eigenvalue weighted by atomic mass is 14.7. The lowest BCUT2D eigenvalue weighted by molar-refractivity contribution is 1.06. The predicted molar refractivity (Wildman–Crippen MR) is 97.1 cm³/mol. The monoisotopic (exact) mass is 289 g/mol. The zero-order valence-electron chi connectivity index (χ0n) is 13.4. The molecule has 1 aromatic carbocycles. The molecule has 0 fully saturated rings. The second-order valence-electron chi connectivity index (χ2n) is 5.27. The Kier molecular flexibility index (Phi) is 5.91. The summed E-state index contributed by atoms with van der Waals surface area (Å²) in [5.41, 5.74) is 5.39. The van der Waals surface area contributed by atoms with Crippen molar-refractivity contribution in [2.75, 3.05) is 0 Å². The Morgan fingerprint density at radius 1 is 1.23 bits per heavy atom. The lowest BCUT2D eigenvalue weighted by Gasteiger charge is -2.06. The molecule has 1 aromatic rings. The van der Waals surface area contributed by atoms with Gasteiger partial charge in [-0.15, -0.1) is 0 Å². The predicted octanol–water partition coefficient (Wildman–Crippen LogP) is 5.79. The summed E-state index contributed by atoms with van der Waals surface area (Å²) >= 11 is 0. The molecule has 0 atom stereocenters. The number of allylic oxidation sites excluding steroid dienone is 9. The van der Waals surface area contributed by atoms with Gasteiger partial charge in [-0.05, 0) is 42.6 Å². The highest BCUT2D eigenvalue weighted by molar-refractivity contribution is 5.99. The number of hydrogen-bond donors (Lipinski definition) is 0. The molecule has 0 spiro atoms. The van der Waals surface area contributed by atoms with Crippen molar-refractivity contribution in [3.05, 3.63) is 95.8 Å². The highest BCUT2D eigenvalue weighted by Gasteiger charge is 2.01. The molecule has 22 heavy (non-hydrogen) atoms. The molecular weight excluding hydrogens is 266 g/mol. The number of nitrogens with zero attached hydrogens (tertiary/aromatic N) is 1. The summed E-state index contributed by atoms with van der Waals surface area (Å²) < 4.78 is 0. The molecule has 1 nitrogen and oxygen atoms in total. The maximum absolute atomic E-state index is 4.77. The van der Waals surface area contributed by atoms with Crippen molar-refractivity contribution in [1.29, 1.82) is 0 Å². The van der Waals surface area contributed by atoms with Gasteiger partial charge in [-0.2, -0.15) is 0 Å². The smallest absolute Gasteiger partial charge is 0.0448 e. The average molecular weight is 289 g/mol. The summed E-state index contributed by atoms with van der Waals surface area (Å²) in [6.45, 7) is 8.36. The molecule has 0 saturated heterocycles. The van der Waals surface area contributed by atoms with Crippen LogP contribution >= 0.6 is 0 Å². The first-order valence-corrected chi connectivity index (χ1v) is 7.74. The summed E-state index contributed by atoms with van der Waals surface area (Å²) in [4.78, 5) is 4.77. The third-order valence-corrected chi connectivity index (χ3v) is 3.56. The average Bonchev–Trinajstić information content (AvgIpc) is 2.84. The first-order chi connectivity index (χ1) is 10.7. The Balaban J connectivity index is 2.22. The molecule has 1 aliphatic carbocycles. The fraction of sp³-hybridized carbons (Fsp3) is 0.190. The van der Waals surface area contributed by atoms with E-state index in [1.807, 2.05) is 18.2 Å². The summed E-state index contributed by atoms with van der Waals surface area (Å²) in [5.74, 6) is 0. The second kappa shape index (κ2) is 8.14. The van der Waals surface area contributed by atoms with Gasteiger partial charge in [-0.25, -0.2) is 0 Å². The Bertz CT molecular complexity index is 667. The molecule has 0 N–H and O–H groups in total. The molecular formula is C21H23N. The van der Waals surface area contributed by atoms with Gasteiger partial charge in [0.25, 0.3) is 0 Å². The molecule has 1 heteroatoms. The van der Waals surface area contributed by atoms with E-state index in [2.05, 4.69) is 69.0 Å². The largest absolute Gasteiger partial charge is 0.258 e. The number of aliphatic imine (C=N–C) groups is 1. The molecule has 0 aliphatic heterocycles. The van der Waals surface area contributed by atoms with Crippen LogP contribution in [0.2, 0.25) is 0 Å². The SMILES string of the molecule is C=C(/C=C(CC)\N=C(/C)c1ccccc1)C1=CC=CCC=C1. The molecule has 0 radical (unpaired) electrons. The van der Waals surface area contributed by atoms with Crippen LogP contribution < -0.4 is 0 Å². The van der Waals surface area contributed by atoms with Crippen LogP contribution in [-0.4, -0.2) is 5.71 Å². The Hall–Kier alpha value is -2.41. The third kappa shape index (κ3) is 4.56. The first kappa shape index (κ1) is 16.0. The van der Waals surface area contributed by atoms with E-state index in [4.69, 9.17) is 4.99 Å². The standard InChI is InChI=1S/C21H23N/c1-4-21(22-18(3)20-14-10-7-11-15-20)16-17(2)19-12-8-5-6-9-13-19/h5,7-16H,2,4,6H2,1,3H3/b21-16-,22-18+. The molecule has 0 aromatic heterocycles. The van der Waals surface area contributed by atoms with Crippen molar-refractivity contribution in [1.82, 2.24) is 0 Å². The van der Waals surface area contributed by atoms with E-state index in [0.29, 0.717) is 0 Å². The Morgan fingerprint density at radius 2 is 2.00 bits per heavy atom. The van der Waals surface area contributed by atoms with Crippen LogP contribution in [0.1, 0.15) is 32.3 Å². The molecule has 112 valence electrons. The molecule has 0 heterocycles. The van der Waals surface area contributed by atoms with E-state index in [1.54, 1.807) is 0 Å². The van der Waals surface area contributed by atoms with E-state index < -0.39 is 0 Å². The summed E-state index contributed by atoms with van der Waals surface area (Å²) in [6, 6.07) is 10.3. The third-order valence-electron chi connectivity index (χ3n) is 3.56. The van der Waals surface area contributed by atoms with Gasteiger partial charge in [0.2, 0.25) is 0 Å². The zero-order chi connectivity index (χ0) is 15.8. The van der Waals surface area contributed by atoms with E-state index in [1.165, 1.54) is 0 Å². The van der Waals surface area contributed by atoms with Gasteiger partial charge in [0.05, 0.1) is 0 Å². The van der Waals surface area contributed by atoms with E-state index in [0.717, 1.165) is 41.0 Å². The van der Waals surface area contributed by atoms with Gasteiger partial charge in [-0.3, -0.25) is 4.99 Å². The van der Waals surface area contributed by atoms with Crippen LogP contribution in [0.4, 0.5) is 0 Å². The molecule has 2 rings (SSSR count). The molecule has 1 aliphatic rings. The lowest BCUT2D eigenvalue weighted by atomic mass is 10.1. The summed E-state index contributed by atoms with van der Waals surface area (Å²) in [5, 5.41) is 0. The zero-order valence-corrected chi connectivity index (χ0v) is 13.4. The number of rotatable bonds is 5. The fourth-order valence-corrected chi connectivity index (χ4v) is 2.25. The van der Waals surface area contributed by atoms with Crippen molar-refractivity contribution in [2.24, 2.45) is 4.99 Å². The van der Waals surface area contributed by atoms with Gasteiger partial charge in [0, 0.05) is 11.4 Å². The van der Waals surface area contributed by atoms with Gasteiger partial charge in [0.15, 0.2) is 0 Å². The topological polar surface area (TPSA) is 12.4 Å². The number of benzene rings is 1. The van der Waals surface area contributed by atoms with Crippen molar-refractivity contribution < 1.29 is 0 Å². The normalized spacial score (nSPS) is 15.5. The maximum Gasteiger partial charge on any atom is 0.0448 e. The van der Waals surface area contributed by atoms with Gasteiger partial charge >= 0.3 is 0 Å². The minimum Gasteiger partial charge on any atom is -0.258 e. The van der Waals surface area contributed by atoms with Crippen molar-refractivity contribution in [3.8, 4) is 0 Å². The van der Waals surface area contributed by atoms with Crippen LogP contribution in [0, 0.1) is 0 Å². The van der Waals surface area contributed by atoms with E-state index in [9.17, 15) is 0 Å². The van der Waals surface area contributed by atoms with Gasteiger partial charge < -0.3 is 0 Å². The van der Waals surface area contributed by atoms with Gasteiger partial charge in [-0.1, -0.05) is 74.2 Å². The Labute approximate surface area is 133 Å². The number of hydrogen-bond acceptors (Lipinski definition) is 1. The van der Waals surface area contributed by atoms with E-state index >= 15 is 0 Å². The minimum atomic E-state index is 0.885. The molecule has 0 saturated carbocycles. The van der Waals surface area contributed by atoms with Crippen LogP contribution in [0.3, 0.4) is 0 Å². The van der Waals surface area contributed by atoms with Gasteiger partial charge in [0.1, 0.15) is 0 Å². The fourth-order valence-electron chi connectivity index (χ4n) is 2.25. The lowest BCUT2D eigenvalue weighted by Crippen LogP contribution is -1.95. The molecule has 0 unspecified atom stereocenters. The highest BCUT2D eigenvalue weighted by Crippen LogP contribution is 2.18. The van der Waals surface area contributed by atoms with E-state index in [-0.39, 0.29) is 0 Å². The van der Waals surface area contributed by atoms with Crippen LogP contribution in [0.25, 0.3) is 0 Å².